The van der Waals surface area contributed by atoms with Crippen molar-refractivity contribution in [3.8, 4) is 11.5 Å². The van der Waals surface area contributed by atoms with Gasteiger partial charge in [-0.05, 0) is 37.5 Å². The van der Waals surface area contributed by atoms with Gasteiger partial charge in [0.05, 0.1) is 13.2 Å². The lowest BCUT2D eigenvalue weighted by molar-refractivity contribution is -0.155. The molecule has 1 aliphatic rings. The van der Waals surface area contributed by atoms with E-state index in [-0.39, 0.29) is 6.10 Å². The number of rotatable bonds is 8. The first-order chi connectivity index (χ1) is 12.8. The molecule has 1 aromatic rings. The quantitative estimate of drug-likeness (QED) is 0.535. The zero-order valence-corrected chi connectivity index (χ0v) is 18.3. The molecule has 1 fully saturated rings. The van der Waals surface area contributed by atoms with Crippen LogP contribution in [0.4, 0.5) is 0 Å². The van der Waals surface area contributed by atoms with Gasteiger partial charge in [-0.15, -0.1) is 5.54 Å². The molecule has 1 aliphatic heterocycles. The topological polar surface area (TPSA) is 47.9 Å². The Bertz CT molecular complexity index is 622. The fraction of sp³-hybridized carbons (Fsp3) is 0.636. The summed E-state index contributed by atoms with van der Waals surface area (Å²) in [5.41, 5.74) is 4.56. The lowest BCUT2D eigenvalue weighted by Crippen LogP contribution is -2.38. The second kappa shape index (κ2) is 9.86. The van der Waals surface area contributed by atoms with Crippen LogP contribution < -0.4 is 0 Å². The average Bonchev–Trinajstić information content (AvgIpc) is 2.98. The van der Waals surface area contributed by atoms with Gasteiger partial charge in [0.1, 0.15) is 26.4 Å². The summed E-state index contributed by atoms with van der Waals surface area (Å²) in [6.45, 7) is 11.2. The van der Waals surface area contributed by atoms with Crippen LogP contribution in [0.5, 0.6) is 0 Å². The number of aliphatic hydroxyl groups excluding tert-OH is 1. The van der Waals surface area contributed by atoms with E-state index in [0.29, 0.717) is 13.2 Å². The number of ether oxygens (including phenoxy) is 3. The minimum Gasteiger partial charge on any atom is -0.378 e. The zero-order chi connectivity index (χ0) is 19.9. The molecule has 0 radical (unpaired) electrons. The minimum atomic E-state index is -1.61. The van der Waals surface area contributed by atoms with Gasteiger partial charge in [0.25, 0.3) is 0 Å². The molecule has 0 aliphatic carbocycles. The third-order valence-corrected chi connectivity index (χ3v) is 10.2. The van der Waals surface area contributed by atoms with Crippen LogP contribution in [0.15, 0.2) is 30.3 Å². The summed E-state index contributed by atoms with van der Waals surface area (Å²) in [5, 5.41) is 10.7. The van der Waals surface area contributed by atoms with Crippen LogP contribution in [0.25, 0.3) is 0 Å². The Balaban J connectivity index is 2.02. The van der Waals surface area contributed by atoms with Gasteiger partial charge in [0.15, 0.2) is 5.79 Å². The normalized spacial score (nSPS) is 22.9. The van der Waals surface area contributed by atoms with Gasteiger partial charge in [0.2, 0.25) is 0 Å². The summed E-state index contributed by atoms with van der Waals surface area (Å²) in [4.78, 5) is 0. The van der Waals surface area contributed by atoms with Gasteiger partial charge in [-0.25, -0.2) is 0 Å². The van der Waals surface area contributed by atoms with Crippen molar-refractivity contribution in [3.63, 3.8) is 0 Å². The van der Waals surface area contributed by atoms with Gasteiger partial charge in [-0.1, -0.05) is 57.0 Å². The Morgan fingerprint density at radius 1 is 1.11 bits per heavy atom. The molecule has 0 unspecified atom stereocenters. The second-order valence-electron chi connectivity index (χ2n) is 7.69. The molecule has 1 N–H and O–H groups in total. The van der Waals surface area contributed by atoms with Crippen LogP contribution >= 0.6 is 0 Å². The van der Waals surface area contributed by atoms with E-state index in [1.165, 1.54) is 0 Å². The minimum absolute atomic E-state index is 0.339. The van der Waals surface area contributed by atoms with Crippen molar-refractivity contribution < 1.29 is 19.3 Å². The van der Waals surface area contributed by atoms with Crippen molar-refractivity contribution in [3.05, 3.63) is 35.9 Å². The van der Waals surface area contributed by atoms with Gasteiger partial charge < -0.3 is 19.3 Å². The van der Waals surface area contributed by atoms with Crippen LogP contribution in [0, 0.1) is 11.5 Å². The SMILES string of the molecule is CC[Si](C#C[C@H](O)[C@@H]1OC(C)(C)O[C@@H]1COCc1ccccc1)(CC)CC. The molecular weight excluding hydrogens is 356 g/mol. The molecule has 1 saturated heterocycles. The van der Waals surface area contributed by atoms with Gasteiger partial charge >= 0.3 is 0 Å². The lowest BCUT2D eigenvalue weighted by Gasteiger charge is -2.22. The summed E-state index contributed by atoms with van der Waals surface area (Å²) >= 11 is 0. The number of aliphatic hydroxyl groups is 1. The molecule has 150 valence electrons. The maximum Gasteiger partial charge on any atom is 0.164 e. The fourth-order valence-corrected chi connectivity index (χ4v) is 5.94. The van der Waals surface area contributed by atoms with Crippen LogP contribution in [0.2, 0.25) is 18.1 Å². The molecule has 3 atom stereocenters. The predicted molar refractivity (Wildman–Crippen MR) is 111 cm³/mol. The summed E-state index contributed by atoms with van der Waals surface area (Å²) in [6.07, 6.45) is -1.71. The van der Waals surface area contributed by atoms with Gasteiger partial charge in [0, 0.05) is 0 Å². The Morgan fingerprint density at radius 3 is 2.33 bits per heavy atom. The van der Waals surface area contributed by atoms with E-state index in [0.717, 1.165) is 23.7 Å². The Kier molecular flexibility index (Phi) is 8.08. The highest BCUT2D eigenvalue weighted by Gasteiger charge is 2.44. The molecular formula is C22H34O4Si. The van der Waals surface area contributed by atoms with Crippen molar-refractivity contribution >= 4 is 8.07 Å². The van der Waals surface area contributed by atoms with Crippen LogP contribution in [-0.2, 0) is 20.8 Å². The second-order valence-corrected chi connectivity index (χ2v) is 12.6. The number of hydrogen-bond donors (Lipinski definition) is 1. The lowest BCUT2D eigenvalue weighted by atomic mass is 10.1. The molecule has 0 spiro atoms. The van der Waals surface area contributed by atoms with E-state index < -0.39 is 26.1 Å². The zero-order valence-electron chi connectivity index (χ0n) is 17.3. The van der Waals surface area contributed by atoms with E-state index in [1.54, 1.807) is 0 Å². The molecule has 1 aromatic carbocycles. The monoisotopic (exact) mass is 390 g/mol. The number of benzene rings is 1. The van der Waals surface area contributed by atoms with Crippen LogP contribution in [-0.4, -0.2) is 43.9 Å². The highest BCUT2D eigenvalue weighted by molar-refractivity contribution is 6.87. The summed E-state index contributed by atoms with van der Waals surface area (Å²) in [7, 11) is -1.61. The third kappa shape index (κ3) is 6.17. The Hall–Kier alpha value is -1.16. The van der Waals surface area contributed by atoms with E-state index in [9.17, 15) is 5.11 Å². The predicted octanol–water partition coefficient (Wildman–Crippen LogP) is 4.14. The van der Waals surface area contributed by atoms with Crippen molar-refractivity contribution in [2.45, 2.75) is 83.5 Å². The molecule has 0 aromatic heterocycles. The maximum atomic E-state index is 10.7. The molecule has 0 bridgehead atoms. The molecule has 5 heteroatoms. The van der Waals surface area contributed by atoms with Gasteiger partial charge in [-0.3, -0.25) is 0 Å². The van der Waals surface area contributed by atoms with Crippen molar-refractivity contribution in [1.82, 2.24) is 0 Å². The molecule has 2 rings (SSSR count). The molecule has 0 amide bonds. The highest BCUT2D eigenvalue weighted by Crippen LogP contribution is 2.30. The smallest absolute Gasteiger partial charge is 0.164 e. The van der Waals surface area contributed by atoms with E-state index in [4.69, 9.17) is 14.2 Å². The maximum absolute atomic E-state index is 10.7. The Labute approximate surface area is 165 Å². The first-order valence-corrected chi connectivity index (χ1v) is 12.6. The van der Waals surface area contributed by atoms with Gasteiger partial charge in [-0.2, -0.15) is 0 Å². The molecule has 1 heterocycles. The average molecular weight is 391 g/mol. The number of hydrogen-bond acceptors (Lipinski definition) is 4. The highest BCUT2D eigenvalue weighted by atomic mass is 28.3. The molecule has 4 nitrogen and oxygen atoms in total. The summed E-state index contributed by atoms with van der Waals surface area (Å²) < 4.78 is 17.8. The standard InChI is InChI=1S/C22H34O4Si/c1-6-27(7-2,8-3)15-14-19(23)21-20(25-22(4,5)26-21)17-24-16-18-12-10-9-11-13-18/h9-13,19-21,23H,6-8,16-17H2,1-5H3/t19-,20+,21-/m0/s1. The third-order valence-electron chi connectivity index (χ3n) is 5.44. The molecule has 0 saturated carbocycles. The largest absolute Gasteiger partial charge is 0.378 e. The van der Waals surface area contributed by atoms with Crippen molar-refractivity contribution in [1.29, 1.82) is 0 Å². The first-order valence-electron chi connectivity index (χ1n) is 10.0. The van der Waals surface area contributed by atoms with Crippen LogP contribution in [0.3, 0.4) is 0 Å². The summed E-state index contributed by atoms with van der Waals surface area (Å²) in [6, 6.07) is 13.3. The first kappa shape index (κ1) is 22.1. The fourth-order valence-electron chi connectivity index (χ4n) is 3.45. The van der Waals surface area contributed by atoms with Crippen LogP contribution in [0.1, 0.15) is 40.2 Å². The summed E-state index contributed by atoms with van der Waals surface area (Å²) in [5.74, 6) is 2.35. The van der Waals surface area contributed by atoms with E-state index >= 15 is 0 Å². The van der Waals surface area contributed by atoms with E-state index in [1.807, 2.05) is 44.2 Å². The van der Waals surface area contributed by atoms with Crippen molar-refractivity contribution in [2.75, 3.05) is 6.61 Å². The molecule has 27 heavy (non-hydrogen) atoms. The van der Waals surface area contributed by atoms with Crippen molar-refractivity contribution in [2.24, 2.45) is 0 Å². The Morgan fingerprint density at radius 2 is 1.74 bits per heavy atom. The van der Waals surface area contributed by atoms with E-state index in [2.05, 4.69) is 32.2 Å².